The second-order valence-electron chi connectivity index (χ2n) is 2.94. The molecular weight excluding hydrogens is 178 g/mol. The highest BCUT2D eigenvalue weighted by Gasteiger charge is 2.11. The Morgan fingerprint density at radius 2 is 2.21 bits per heavy atom. The molecule has 0 saturated heterocycles. The number of carbonyl (C=O) groups excluding carboxylic acids is 1. The Hall–Kier alpha value is -1.84. The first-order chi connectivity index (χ1) is 6.74. The van der Waals surface area contributed by atoms with Crippen molar-refractivity contribution in [2.45, 2.75) is 6.42 Å². The van der Waals surface area contributed by atoms with Crippen molar-refractivity contribution in [1.29, 1.82) is 0 Å². The van der Waals surface area contributed by atoms with Gasteiger partial charge < -0.3 is 5.73 Å². The Morgan fingerprint density at radius 1 is 1.50 bits per heavy atom. The number of fused-ring (bicyclic) bond motifs is 1. The molecular formula is C10H10N3O. The minimum Gasteiger partial charge on any atom is -0.369 e. The van der Waals surface area contributed by atoms with Gasteiger partial charge in [-0.25, -0.2) is 9.55 Å². The Morgan fingerprint density at radius 3 is 2.93 bits per heavy atom. The first-order valence-corrected chi connectivity index (χ1v) is 4.29. The van der Waals surface area contributed by atoms with Crippen molar-refractivity contribution in [3.8, 4) is 0 Å². The average Bonchev–Trinajstić information content (AvgIpc) is 2.53. The maximum absolute atomic E-state index is 11.5. The van der Waals surface area contributed by atoms with Gasteiger partial charge in [0.2, 0.25) is 11.9 Å². The highest BCUT2D eigenvalue weighted by molar-refractivity contribution is 5.93. The van der Waals surface area contributed by atoms with E-state index in [9.17, 15) is 4.79 Å². The van der Waals surface area contributed by atoms with E-state index >= 15 is 0 Å². The molecule has 0 bridgehead atoms. The summed E-state index contributed by atoms with van der Waals surface area (Å²) in [6, 6.07) is 7.33. The van der Waals surface area contributed by atoms with Crippen molar-refractivity contribution in [3.63, 3.8) is 0 Å². The molecule has 0 aliphatic carbocycles. The summed E-state index contributed by atoms with van der Waals surface area (Å²) in [5.41, 5.74) is 7.10. The zero-order chi connectivity index (χ0) is 10.1. The Labute approximate surface area is 81.3 Å². The summed E-state index contributed by atoms with van der Waals surface area (Å²) in [7, 11) is 0. The van der Waals surface area contributed by atoms with Gasteiger partial charge in [0.1, 0.15) is 0 Å². The van der Waals surface area contributed by atoms with Gasteiger partial charge in [0, 0.05) is 6.42 Å². The number of rotatable bonds is 1. The average molecular weight is 188 g/mol. The van der Waals surface area contributed by atoms with Gasteiger partial charge in [-0.2, -0.15) is 0 Å². The molecule has 2 N–H and O–H groups in total. The van der Waals surface area contributed by atoms with Crippen LogP contribution < -0.4 is 5.73 Å². The fourth-order valence-electron chi connectivity index (χ4n) is 1.42. The molecule has 4 nitrogen and oxygen atoms in total. The fourth-order valence-corrected chi connectivity index (χ4v) is 1.42. The second-order valence-corrected chi connectivity index (χ2v) is 2.94. The van der Waals surface area contributed by atoms with Gasteiger partial charge in [-0.05, 0) is 19.1 Å². The summed E-state index contributed by atoms with van der Waals surface area (Å²) in [6.45, 7) is 3.54. The van der Waals surface area contributed by atoms with E-state index in [1.54, 1.807) is 0 Å². The van der Waals surface area contributed by atoms with Crippen LogP contribution in [-0.2, 0) is 0 Å². The molecule has 0 aliphatic rings. The SMILES string of the molecule is [CH2]CC(=O)n1c(N)nc2ccccc21. The van der Waals surface area contributed by atoms with Crippen LogP contribution >= 0.6 is 0 Å². The third kappa shape index (κ3) is 1.16. The van der Waals surface area contributed by atoms with Crippen LogP contribution in [0.25, 0.3) is 11.0 Å². The van der Waals surface area contributed by atoms with E-state index in [2.05, 4.69) is 11.9 Å². The molecule has 2 rings (SSSR count). The van der Waals surface area contributed by atoms with Crippen LogP contribution in [0.2, 0.25) is 0 Å². The predicted octanol–water partition coefficient (Wildman–Crippen LogP) is 1.48. The number of carbonyl (C=O) groups is 1. The molecule has 0 spiro atoms. The van der Waals surface area contributed by atoms with Gasteiger partial charge in [0.05, 0.1) is 11.0 Å². The molecule has 0 fully saturated rings. The van der Waals surface area contributed by atoms with Crippen molar-refractivity contribution in [2.75, 3.05) is 5.73 Å². The van der Waals surface area contributed by atoms with E-state index in [0.29, 0.717) is 0 Å². The van der Waals surface area contributed by atoms with Gasteiger partial charge in [-0.3, -0.25) is 4.79 Å². The van der Waals surface area contributed by atoms with Gasteiger partial charge >= 0.3 is 0 Å². The largest absolute Gasteiger partial charge is 0.369 e. The lowest BCUT2D eigenvalue weighted by atomic mass is 10.3. The molecule has 1 aromatic carbocycles. The van der Waals surface area contributed by atoms with Crippen molar-refractivity contribution in [1.82, 2.24) is 9.55 Å². The van der Waals surface area contributed by atoms with Crippen molar-refractivity contribution < 1.29 is 4.79 Å². The molecule has 1 heterocycles. The van der Waals surface area contributed by atoms with Crippen LogP contribution in [0.1, 0.15) is 11.2 Å². The lowest BCUT2D eigenvalue weighted by Crippen LogP contribution is -2.11. The van der Waals surface area contributed by atoms with Gasteiger partial charge in [0.15, 0.2) is 0 Å². The lowest BCUT2D eigenvalue weighted by molar-refractivity contribution is 0.0924. The monoisotopic (exact) mass is 188 g/mol. The van der Waals surface area contributed by atoms with E-state index in [-0.39, 0.29) is 18.3 Å². The van der Waals surface area contributed by atoms with Crippen molar-refractivity contribution in [2.24, 2.45) is 0 Å². The molecule has 2 aromatic rings. The fraction of sp³-hybridized carbons (Fsp3) is 0.100. The summed E-state index contributed by atoms with van der Waals surface area (Å²) in [4.78, 5) is 15.6. The second kappa shape index (κ2) is 3.14. The summed E-state index contributed by atoms with van der Waals surface area (Å²) in [5, 5.41) is 0. The predicted molar refractivity (Wildman–Crippen MR) is 54.7 cm³/mol. The zero-order valence-corrected chi connectivity index (χ0v) is 7.60. The highest BCUT2D eigenvalue weighted by Crippen LogP contribution is 2.17. The van der Waals surface area contributed by atoms with Gasteiger partial charge in [-0.1, -0.05) is 12.1 Å². The van der Waals surface area contributed by atoms with Crippen molar-refractivity contribution >= 4 is 22.9 Å². The topological polar surface area (TPSA) is 60.9 Å². The third-order valence-electron chi connectivity index (χ3n) is 2.05. The number of hydrogen-bond donors (Lipinski definition) is 1. The minimum absolute atomic E-state index is 0.142. The quantitative estimate of drug-likeness (QED) is 0.737. The number of hydrogen-bond acceptors (Lipinski definition) is 3. The van der Waals surface area contributed by atoms with Gasteiger partial charge in [0.25, 0.3) is 0 Å². The van der Waals surface area contributed by atoms with Crippen LogP contribution in [-0.4, -0.2) is 15.5 Å². The van der Waals surface area contributed by atoms with E-state index < -0.39 is 0 Å². The van der Waals surface area contributed by atoms with E-state index in [0.717, 1.165) is 11.0 Å². The zero-order valence-electron chi connectivity index (χ0n) is 7.60. The molecule has 0 atom stereocenters. The Balaban J connectivity index is 2.74. The number of para-hydroxylation sites is 2. The number of imidazole rings is 1. The van der Waals surface area contributed by atoms with Crippen LogP contribution in [0.15, 0.2) is 24.3 Å². The van der Waals surface area contributed by atoms with E-state index in [1.807, 2.05) is 24.3 Å². The maximum Gasteiger partial charge on any atom is 0.233 e. The molecule has 0 aliphatic heterocycles. The molecule has 1 aromatic heterocycles. The molecule has 0 unspecified atom stereocenters. The smallest absolute Gasteiger partial charge is 0.233 e. The van der Waals surface area contributed by atoms with E-state index in [4.69, 9.17) is 5.73 Å². The normalized spacial score (nSPS) is 10.6. The lowest BCUT2D eigenvalue weighted by Gasteiger charge is -2.01. The van der Waals surface area contributed by atoms with Gasteiger partial charge in [-0.15, -0.1) is 0 Å². The molecule has 4 heteroatoms. The number of benzene rings is 1. The molecule has 0 amide bonds. The maximum atomic E-state index is 11.5. The first kappa shape index (κ1) is 8.74. The molecule has 0 saturated carbocycles. The summed E-state index contributed by atoms with van der Waals surface area (Å²) in [6.07, 6.45) is 0.171. The number of aromatic nitrogens is 2. The van der Waals surface area contributed by atoms with Crippen LogP contribution in [0, 0.1) is 6.92 Å². The Kier molecular flexibility index (Phi) is 1.96. The highest BCUT2D eigenvalue weighted by atomic mass is 16.2. The van der Waals surface area contributed by atoms with Crippen LogP contribution in [0.5, 0.6) is 0 Å². The number of anilines is 1. The number of nitrogens with two attached hydrogens (primary N) is 1. The third-order valence-corrected chi connectivity index (χ3v) is 2.05. The van der Waals surface area contributed by atoms with E-state index in [1.165, 1.54) is 4.57 Å². The first-order valence-electron chi connectivity index (χ1n) is 4.29. The van der Waals surface area contributed by atoms with Crippen LogP contribution in [0.4, 0.5) is 5.95 Å². The molecule has 14 heavy (non-hydrogen) atoms. The summed E-state index contributed by atoms with van der Waals surface area (Å²) < 4.78 is 1.39. The number of nitrogen functional groups attached to an aromatic ring is 1. The summed E-state index contributed by atoms with van der Waals surface area (Å²) in [5.74, 6) is 0.0797. The summed E-state index contributed by atoms with van der Waals surface area (Å²) >= 11 is 0. The number of nitrogens with zero attached hydrogens (tertiary/aromatic N) is 2. The van der Waals surface area contributed by atoms with Crippen LogP contribution in [0.3, 0.4) is 0 Å². The molecule has 1 radical (unpaired) electrons. The Bertz CT molecular complexity index is 487. The minimum atomic E-state index is -0.142. The molecule has 71 valence electrons. The standard InChI is InChI=1S/C10H10N3O/c1-2-9(14)13-8-6-4-3-5-7(8)12-10(13)11/h3-6H,1-2H2,(H2,11,12). The van der Waals surface area contributed by atoms with Crippen molar-refractivity contribution in [3.05, 3.63) is 31.2 Å².